The summed E-state index contributed by atoms with van der Waals surface area (Å²) in [6, 6.07) is 0. The molecule has 1 heterocycles. The van der Waals surface area contributed by atoms with E-state index >= 15 is 0 Å². The Morgan fingerprint density at radius 3 is 2.62 bits per heavy atom. The van der Waals surface area contributed by atoms with Crippen molar-refractivity contribution >= 4 is 11.8 Å². The number of rotatable bonds is 5. The summed E-state index contributed by atoms with van der Waals surface area (Å²) in [7, 11) is 0. The first-order valence-corrected chi connectivity index (χ1v) is 6.46. The fraction of sp³-hybridized carbons (Fsp3) is 1.00. The summed E-state index contributed by atoms with van der Waals surface area (Å²) in [6.07, 6.45) is 2.94. The molecule has 1 fully saturated rings. The van der Waals surface area contributed by atoms with Gasteiger partial charge >= 0.3 is 0 Å². The van der Waals surface area contributed by atoms with Gasteiger partial charge in [-0.3, -0.25) is 0 Å². The molecule has 1 N–H and O–H groups in total. The number of thioether (sulfide) groups is 1. The minimum Gasteiger partial charge on any atom is -0.393 e. The van der Waals surface area contributed by atoms with Crippen molar-refractivity contribution in [3.8, 4) is 0 Å². The second-order valence-electron chi connectivity index (χ2n) is 3.69. The van der Waals surface area contributed by atoms with Crippen molar-refractivity contribution in [3.05, 3.63) is 0 Å². The maximum absolute atomic E-state index is 9.55. The molecule has 78 valence electrons. The molecule has 0 aromatic carbocycles. The van der Waals surface area contributed by atoms with E-state index in [0.29, 0.717) is 0 Å². The van der Waals surface area contributed by atoms with Crippen LogP contribution < -0.4 is 0 Å². The molecule has 0 spiro atoms. The van der Waals surface area contributed by atoms with Gasteiger partial charge in [0.15, 0.2) is 0 Å². The predicted molar refractivity (Wildman–Crippen MR) is 59.3 cm³/mol. The van der Waals surface area contributed by atoms with Crippen LogP contribution in [0.5, 0.6) is 0 Å². The average Bonchev–Trinajstić information content (AvgIpc) is 2.17. The average molecular weight is 203 g/mol. The highest BCUT2D eigenvalue weighted by Gasteiger charge is 2.11. The summed E-state index contributed by atoms with van der Waals surface area (Å²) >= 11 is 2.04. The van der Waals surface area contributed by atoms with Gasteiger partial charge in [-0.15, -0.1) is 0 Å². The third kappa shape index (κ3) is 4.89. The monoisotopic (exact) mass is 203 g/mol. The van der Waals surface area contributed by atoms with Gasteiger partial charge in [0.05, 0.1) is 6.10 Å². The van der Waals surface area contributed by atoms with Crippen molar-refractivity contribution in [2.75, 3.05) is 31.1 Å². The number of aliphatic hydroxyl groups excluding tert-OH is 1. The molecule has 3 heteroatoms. The molecule has 1 aliphatic rings. The summed E-state index contributed by atoms with van der Waals surface area (Å²) < 4.78 is 0. The lowest BCUT2D eigenvalue weighted by Gasteiger charge is -2.26. The van der Waals surface area contributed by atoms with E-state index in [4.69, 9.17) is 0 Å². The highest BCUT2D eigenvalue weighted by molar-refractivity contribution is 7.99. The zero-order valence-electron chi connectivity index (χ0n) is 8.54. The summed E-state index contributed by atoms with van der Waals surface area (Å²) in [4.78, 5) is 2.47. The van der Waals surface area contributed by atoms with Crippen molar-refractivity contribution in [1.82, 2.24) is 4.90 Å². The fourth-order valence-electron chi connectivity index (χ4n) is 1.63. The van der Waals surface area contributed by atoms with Crippen LogP contribution in [0.1, 0.15) is 26.2 Å². The van der Waals surface area contributed by atoms with Crippen LogP contribution >= 0.6 is 11.8 Å². The Labute approximate surface area is 85.7 Å². The number of aliphatic hydroxyl groups is 1. The van der Waals surface area contributed by atoms with E-state index in [0.717, 1.165) is 25.8 Å². The van der Waals surface area contributed by atoms with E-state index in [-0.39, 0.29) is 6.10 Å². The molecule has 0 aliphatic carbocycles. The molecule has 1 unspecified atom stereocenters. The predicted octanol–water partition coefficient (Wildman–Crippen LogP) is 1.59. The summed E-state index contributed by atoms with van der Waals surface area (Å²) in [5.74, 6) is 2.54. The summed E-state index contributed by atoms with van der Waals surface area (Å²) in [6.45, 7) is 5.63. The van der Waals surface area contributed by atoms with Crippen molar-refractivity contribution < 1.29 is 5.11 Å². The van der Waals surface area contributed by atoms with E-state index in [9.17, 15) is 5.11 Å². The normalized spacial score (nSPS) is 21.7. The van der Waals surface area contributed by atoms with Crippen LogP contribution in [0.4, 0.5) is 0 Å². The lowest BCUT2D eigenvalue weighted by molar-refractivity contribution is 0.134. The molecule has 0 bridgehead atoms. The van der Waals surface area contributed by atoms with Crippen molar-refractivity contribution in [1.29, 1.82) is 0 Å². The van der Waals surface area contributed by atoms with Crippen LogP contribution in [0.2, 0.25) is 0 Å². The first-order chi connectivity index (χ1) is 6.33. The van der Waals surface area contributed by atoms with E-state index in [1.54, 1.807) is 0 Å². The van der Waals surface area contributed by atoms with Gasteiger partial charge in [-0.1, -0.05) is 13.3 Å². The van der Waals surface area contributed by atoms with Crippen LogP contribution in [-0.4, -0.2) is 47.3 Å². The minimum atomic E-state index is -0.0698. The van der Waals surface area contributed by atoms with E-state index in [1.807, 2.05) is 11.8 Å². The van der Waals surface area contributed by atoms with Crippen LogP contribution in [0.15, 0.2) is 0 Å². The Bertz CT molecular complexity index is 126. The first-order valence-electron chi connectivity index (χ1n) is 5.31. The Kier molecular flexibility index (Phi) is 5.83. The van der Waals surface area contributed by atoms with Crippen LogP contribution in [0.3, 0.4) is 0 Å². The van der Waals surface area contributed by atoms with Gasteiger partial charge in [0.1, 0.15) is 0 Å². The van der Waals surface area contributed by atoms with E-state index in [1.165, 1.54) is 24.6 Å². The fourth-order valence-corrected chi connectivity index (χ4v) is 2.61. The maximum Gasteiger partial charge on any atom is 0.0552 e. The van der Waals surface area contributed by atoms with Gasteiger partial charge in [-0.05, 0) is 12.8 Å². The molecule has 0 radical (unpaired) electrons. The minimum absolute atomic E-state index is 0.0698. The van der Waals surface area contributed by atoms with Crippen molar-refractivity contribution in [3.63, 3.8) is 0 Å². The van der Waals surface area contributed by atoms with E-state index in [2.05, 4.69) is 11.8 Å². The molecular formula is C10H21NOS. The van der Waals surface area contributed by atoms with Crippen LogP contribution in [0.25, 0.3) is 0 Å². The zero-order chi connectivity index (χ0) is 9.52. The molecule has 0 aromatic rings. The lowest BCUT2D eigenvalue weighted by Crippen LogP contribution is -2.34. The highest BCUT2D eigenvalue weighted by Crippen LogP contribution is 2.10. The quantitative estimate of drug-likeness (QED) is 0.734. The molecule has 13 heavy (non-hydrogen) atoms. The third-order valence-corrected chi connectivity index (χ3v) is 3.45. The molecule has 0 saturated carbocycles. The molecule has 1 atom stereocenters. The van der Waals surface area contributed by atoms with Crippen molar-refractivity contribution in [2.45, 2.75) is 32.3 Å². The molecular weight excluding hydrogens is 182 g/mol. The van der Waals surface area contributed by atoms with Gasteiger partial charge in [0.25, 0.3) is 0 Å². The summed E-state index contributed by atoms with van der Waals surface area (Å²) in [5.41, 5.74) is 0. The molecule has 2 nitrogen and oxygen atoms in total. The molecule has 1 saturated heterocycles. The molecule has 0 aromatic heterocycles. The van der Waals surface area contributed by atoms with Gasteiger partial charge < -0.3 is 10.0 Å². The Morgan fingerprint density at radius 2 is 2.00 bits per heavy atom. The Morgan fingerprint density at radius 1 is 1.31 bits per heavy atom. The highest BCUT2D eigenvalue weighted by atomic mass is 32.2. The second-order valence-corrected chi connectivity index (χ2v) is 4.91. The topological polar surface area (TPSA) is 23.5 Å². The third-order valence-electron chi connectivity index (χ3n) is 2.50. The SMILES string of the molecule is CCCC(O)CCN1CCSCC1. The number of hydrogen-bond donors (Lipinski definition) is 1. The molecule has 1 rings (SSSR count). The lowest BCUT2D eigenvalue weighted by atomic mass is 10.1. The van der Waals surface area contributed by atoms with Crippen LogP contribution in [-0.2, 0) is 0 Å². The number of hydrogen-bond acceptors (Lipinski definition) is 3. The Balaban J connectivity index is 2.03. The second kappa shape index (κ2) is 6.68. The van der Waals surface area contributed by atoms with Gasteiger partial charge in [-0.25, -0.2) is 0 Å². The van der Waals surface area contributed by atoms with Crippen LogP contribution in [0, 0.1) is 0 Å². The standard InChI is InChI=1S/C10H21NOS/c1-2-3-10(12)4-5-11-6-8-13-9-7-11/h10,12H,2-9H2,1H3. The van der Waals surface area contributed by atoms with Gasteiger partial charge in [0, 0.05) is 31.1 Å². The van der Waals surface area contributed by atoms with Gasteiger partial charge in [-0.2, -0.15) is 11.8 Å². The maximum atomic E-state index is 9.55. The molecule has 1 aliphatic heterocycles. The van der Waals surface area contributed by atoms with E-state index < -0.39 is 0 Å². The van der Waals surface area contributed by atoms with Crippen molar-refractivity contribution in [2.24, 2.45) is 0 Å². The zero-order valence-corrected chi connectivity index (χ0v) is 9.35. The summed E-state index contributed by atoms with van der Waals surface area (Å²) in [5, 5.41) is 9.55. The smallest absolute Gasteiger partial charge is 0.0552 e. The molecule has 0 amide bonds. The number of nitrogens with zero attached hydrogens (tertiary/aromatic N) is 1. The Hall–Kier alpha value is 0.270. The van der Waals surface area contributed by atoms with Gasteiger partial charge in [0.2, 0.25) is 0 Å². The first kappa shape index (κ1) is 11.3. The largest absolute Gasteiger partial charge is 0.393 e.